The Morgan fingerprint density at radius 2 is 1.86 bits per heavy atom. The lowest BCUT2D eigenvalue weighted by molar-refractivity contribution is 0.101. The molecule has 0 fully saturated rings. The van der Waals surface area contributed by atoms with Gasteiger partial charge in [0.2, 0.25) is 0 Å². The van der Waals surface area contributed by atoms with E-state index in [4.69, 9.17) is 4.74 Å². The molecule has 1 aromatic heterocycles. The van der Waals surface area contributed by atoms with Gasteiger partial charge in [0.1, 0.15) is 22.9 Å². The fourth-order valence-electron chi connectivity index (χ4n) is 3.37. The maximum Gasteiger partial charge on any atom is 0.262 e. The second kappa shape index (κ2) is 6.92. The van der Waals surface area contributed by atoms with Gasteiger partial charge in [0.25, 0.3) is 5.91 Å². The van der Waals surface area contributed by atoms with E-state index >= 15 is 0 Å². The number of aromatic nitrogens is 2. The summed E-state index contributed by atoms with van der Waals surface area (Å²) in [6.07, 6.45) is 2.88. The zero-order valence-electron chi connectivity index (χ0n) is 16.2. The SMILES string of the molecule is Cc1cc2c(cc1-c1cnc(NC(=O)c3c(F)cccc3F)cn1)C(C)(C)CO2. The number of benzene rings is 2. The van der Waals surface area contributed by atoms with Crippen LogP contribution in [0.2, 0.25) is 0 Å². The van der Waals surface area contributed by atoms with E-state index in [0.29, 0.717) is 12.3 Å². The Bertz CT molecular complexity index is 1090. The highest BCUT2D eigenvalue weighted by molar-refractivity contribution is 6.04. The van der Waals surface area contributed by atoms with Crippen molar-refractivity contribution in [2.45, 2.75) is 26.2 Å². The summed E-state index contributed by atoms with van der Waals surface area (Å²) in [4.78, 5) is 20.7. The summed E-state index contributed by atoms with van der Waals surface area (Å²) in [5.41, 5.74) is 2.88. The second-order valence-corrected chi connectivity index (χ2v) is 7.67. The first-order valence-electron chi connectivity index (χ1n) is 9.12. The van der Waals surface area contributed by atoms with E-state index in [9.17, 15) is 13.6 Å². The average Bonchev–Trinajstić information content (AvgIpc) is 2.95. The topological polar surface area (TPSA) is 64.1 Å². The fraction of sp³-hybridized carbons (Fsp3) is 0.227. The van der Waals surface area contributed by atoms with E-state index in [0.717, 1.165) is 34.6 Å². The molecule has 0 aliphatic carbocycles. The van der Waals surface area contributed by atoms with Crippen LogP contribution in [0.5, 0.6) is 5.75 Å². The molecule has 0 bridgehead atoms. The molecule has 0 saturated heterocycles. The highest BCUT2D eigenvalue weighted by atomic mass is 19.1. The third-order valence-corrected chi connectivity index (χ3v) is 5.00. The number of nitrogens with zero attached hydrogens (tertiary/aromatic N) is 2. The van der Waals surface area contributed by atoms with Crippen molar-refractivity contribution in [1.29, 1.82) is 0 Å². The third-order valence-electron chi connectivity index (χ3n) is 5.00. The van der Waals surface area contributed by atoms with Gasteiger partial charge in [-0.2, -0.15) is 0 Å². The molecule has 1 amide bonds. The number of carbonyl (C=O) groups is 1. The molecule has 29 heavy (non-hydrogen) atoms. The van der Waals surface area contributed by atoms with Gasteiger partial charge < -0.3 is 10.1 Å². The van der Waals surface area contributed by atoms with Crippen molar-refractivity contribution >= 4 is 11.7 Å². The van der Waals surface area contributed by atoms with Gasteiger partial charge in [-0.05, 0) is 36.8 Å². The first-order chi connectivity index (χ1) is 13.8. The molecule has 1 aliphatic rings. The number of aryl methyl sites for hydroxylation is 1. The van der Waals surface area contributed by atoms with Crippen molar-refractivity contribution < 1.29 is 18.3 Å². The second-order valence-electron chi connectivity index (χ2n) is 7.67. The number of halogens is 2. The normalized spacial score (nSPS) is 14.2. The summed E-state index contributed by atoms with van der Waals surface area (Å²) in [5.74, 6) is -1.82. The van der Waals surface area contributed by atoms with Gasteiger partial charge in [-0.1, -0.05) is 19.9 Å². The molecule has 0 atom stereocenters. The minimum atomic E-state index is -0.939. The Hall–Kier alpha value is -3.35. The standard InChI is InChI=1S/C22H19F2N3O2/c1-12-7-18-14(22(2,3)11-29-18)8-13(12)17-9-26-19(10-25-17)27-21(28)20-15(23)5-4-6-16(20)24/h4-10H,11H2,1-3H3,(H,26,27,28). The van der Waals surface area contributed by atoms with Crippen LogP contribution in [-0.2, 0) is 5.41 Å². The van der Waals surface area contributed by atoms with E-state index in [1.54, 1.807) is 0 Å². The largest absolute Gasteiger partial charge is 0.492 e. The number of hydrogen-bond acceptors (Lipinski definition) is 4. The van der Waals surface area contributed by atoms with Gasteiger partial charge in [0, 0.05) is 16.5 Å². The molecule has 7 heteroatoms. The maximum absolute atomic E-state index is 13.8. The van der Waals surface area contributed by atoms with E-state index in [1.165, 1.54) is 18.5 Å². The minimum absolute atomic E-state index is 0.0943. The van der Waals surface area contributed by atoms with E-state index < -0.39 is 23.1 Å². The molecular weight excluding hydrogens is 376 g/mol. The highest BCUT2D eigenvalue weighted by Gasteiger charge is 2.32. The van der Waals surface area contributed by atoms with E-state index in [1.807, 2.05) is 13.0 Å². The number of carbonyl (C=O) groups excluding carboxylic acids is 1. The predicted octanol–water partition coefficient (Wildman–Crippen LogP) is 4.65. The van der Waals surface area contributed by atoms with Gasteiger partial charge in [-0.15, -0.1) is 0 Å². The zero-order chi connectivity index (χ0) is 20.8. The number of anilines is 1. The Morgan fingerprint density at radius 1 is 1.14 bits per heavy atom. The van der Waals surface area contributed by atoms with E-state index in [-0.39, 0.29) is 11.2 Å². The molecule has 0 saturated carbocycles. The number of hydrogen-bond donors (Lipinski definition) is 1. The number of rotatable bonds is 3. The number of nitrogens with one attached hydrogen (secondary N) is 1. The van der Waals surface area contributed by atoms with Gasteiger partial charge in [0.05, 0.1) is 24.7 Å². The number of fused-ring (bicyclic) bond motifs is 1. The Labute approximate surface area is 166 Å². The lowest BCUT2D eigenvalue weighted by atomic mass is 9.85. The summed E-state index contributed by atoms with van der Waals surface area (Å²) in [6, 6.07) is 7.27. The van der Waals surface area contributed by atoms with Crippen LogP contribution in [0, 0.1) is 18.6 Å². The Morgan fingerprint density at radius 3 is 2.52 bits per heavy atom. The highest BCUT2D eigenvalue weighted by Crippen LogP contribution is 2.41. The summed E-state index contributed by atoms with van der Waals surface area (Å²) < 4.78 is 33.3. The molecule has 5 nitrogen and oxygen atoms in total. The van der Waals surface area contributed by atoms with Crippen LogP contribution < -0.4 is 10.1 Å². The molecule has 0 unspecified atom stereocenters. The minimum Gasteiger partial charge on any atom is -0.492 e. The van der Waals surface area contributed by atoms with Crippen LogP contribution in [-0.4, -0.2) is 22.5 Å². The van der Waals surface area contributed by atoms with Crippen LogP contribution >= 0.6 is 0 Å². The van der Waals surface area contributed by atoms with Gasteiger partial charge in [-0.25, -0.2) is 13.8 Å². The Balaban J connectivity index is 1.60. The Kier molecular flexibility index (Phi) is 4.53. The lowest BCUT2D eigenvalue weighted by Gasteiger charge is -2.16. The summed E-state index contributed by atoms with van der Waals surface area (Å²) in [7, 11) is 0. The van der Waals surface area contributed by atoms with Crippen molar-refractivity contribution in [2.24, 2.45) is 0 Å². The van der Waals surface area contributed by atoms with Crippen LogP contribution in [0.1, 0.15) is 35.3 Å². The predicted molar refractivity (Wildman–Crippen MR) is 105 cm³/mol. The average molecular weight is 395 g/mol. The number of amides is 1. The van der Waals surface area contributed by atoms with Crippen molar-refractivity contribution in [3.8, 4) is 17.0 Å². The van der Waals surface area contributed by atoms with Crippen molar-refractivity contribution in [3.05, 3.63) is 71.1 Å². The molecule has 1 N–H and O–H groups in total. The summed E-state index contributed by atoms with van der Waals surface area (Å²) in [5, 5.41) is 2.38. The summed E-state index contributed by atoms with van der Waals surface area (Å²) in [6.45, 7) is 6.81. The van der Waals surface area contributed by atoms with Crippen molar-refractivity contribution in [1.82, 2.24) is 9.97 Å². The molecule has 3 aromatic rings. The molecular formula is C22H19F2N3O2. The van der Waals surface area contributed by atoms with Gasteiger partial charge in [-0.3, -0.25) is 9.78 Å². The molecule has 2 heterocycles. The van der Waals surface area contributed by atoms with Crippen LogP contribution in [0.15, 0.2) is 42.7 Å². The smallest absolute Gasteiger partial charge is 0.262 e. The number of ether oxygens (including phenoxy) is 1. The van der Waals surface area contributed by atoms with Crippen molar-refractivity contribution in [3.63, 3.8) is 0 Å². The molecule has 4 rings (SSSR count). The quantitative estimate of drug-likeness (QED) is 0.701. The molecule has 0 spiro atoms. The first-order valence-corrected chi connectivity index (χ1v) is 9.12. The monoisotopic (exact) mass is 395 g/mol. The van der Waals surface area contributed by atoms with Crippen LogP contribution in [0.3, 0.4) is 0 Å². The fourth-order valence-corrected chi connectivity index (χ4v) is 3.37. The molecule has 0 radical (unpaired) electrons. The van der Waals surface area contributed by atoms with E-state index in [2.05, 4.69) is 35.2 Å². The zero-order valence-corrected chi connectivity index (χ0v) is 16.2. The van der Waals surface area contributed by atoms with Crippen molar-refractivity contribution in [2.75, 3.05) is 11.9 Å². The molecule has 1 aliphatic heterocycles. The lowest BCUT2D eigenvalue weighted by Crippen LogP contribution is -2.18. The first kappa shape index (κ1) is 19.0. The summed E-state index contributed by atoms with van der Waals surface area (Å²) >= 11 is 0. The van der Waals surface area contributed by atoms with Crippen LogP contribution in [0.4, 0.5) is 14.6 Å². The third kappa shape index (κ3) is 3.44. The van der Waals surface area contributed by atoms with Crippen LogP contribution in [0.25, 0.3) is 11.3 Å². The van der Waals surface area contributed by atoms with Gasteiger partial charge >= 0.3 is 0 Å². The van der Waals surface area contributed by atoms with Gasteiger partial charge in [0.15, 0.2) is 5.82 Å². The maximum atomic E-state index is 13.8. The molecule has 2 aromatic carbocycles. The molecule has 148 valence electrons.